The largest absolute Gasteiger partial charge is 0.377 e. The van der Waals surface area contributed by atoms with Crippen LogP contribution in [-0.2, 0) is 17.6 Å². The quantitative estimate of drug-likeness (QED) is 0.672. The van der Waals surface area contributed by atoms with Crippen molar-refractivity contribution in [3.63, 3.8) is 0 Å². The zero-order valence-corrected chi connectivity index (χ0v) is 17.6. The summed E-state index contributed by atoms with van der Waals surface area (Å²) in [4.78, 5) is 30.6. The number of anilines is 3. The number of ether oxygens (including phenoxy) is 1. The summed E-state index contributed by atoms with van der Waals surface area (Å²) in [6, 6.07) is 9.58. The molecule has 0 saturated carbocycles. The Morgan fingerprint density at radius 1 is 1.13 bits per heavy atom. The summed E-state index contributed by atoms with van der Waals surface area (Å²) in [5, 5.41) is 3.11. The van der Waals surface area contributed by atoms with Gasteiger partial charge in [-0.15, -0.1) is 0 Å². The lowest BCUT2D eigenvalue weighted by Crippen LogP contribution is -2.45. The summed E-state index contributed by atoms with van der Waals surface area (Å²) < 4.78 is 5.64. The molecule has 0 radical (unpaired) electrons. The molecule has 1 aromatic carbocycles. The van der Waals surface area contributed by atoms with Crippen molar-refractivity contribution in [2.75, 3.05) is 30.0 Å². The Morgan fingerprint density at radius 2 is 1.97 bits per heavy atom. The van der Waals surface area contributed by atoms with Gasteiger partial charge >= 0.3 is 0 Å². The van der Waals surface area contributed by atoms with E-state index in [-0.39, 0.29) is 5.56 Å². The van der Waals surface area contributed by atoms with Crippen molar-refractivity contribution >= 4 is 17.5 Å². The Morgan fingerprint density at radius 3 is 2.77 bits per heavy atom. The van der Waals surface area contributed by atoms with Gasteiger partial charge in [-0.1, -0.05) is 0 Å². The van der Waals surface area contributed by atoms with Gasteiger partial charge in [0, 0.05) is 41.3 Å². The van der Waals surface area contributed by atoms with Gasteiger partial charge in [-0.25, -0.2) is 15.0 Å². The van der Waals surface area contributed by atoms with Gasteiger partial charge in [-0.2, -0.15) is 0 Å². The van der Waals surface area contributed by atoms with Gasteiger partial charge in [0.05, 0.1) is 19.3 Å². The van der Waals surface area contributed by atoms with Crippen LogP contribution in [0.3, 0.4) is 0 Å². The van der Waals surface area contributed by atoms with E-state index >= 15 is 0 Å². The predicted octanol–water partition coefficient (Wildman–Crippen LogP) is 3.07. The SMILES string of the molecule is CC1COCCN1c1nc(-c2ccc(Nc3nccc(=O)[nH]3)cc2)nc2c1CCCC2. The lowest BCUT2D eigenvalue weighted by Gasteiger charge is -2.36. The molecule has 1 fully saturated rings. The fourth-order valence-corrected chi connectivity index (χ4v) is 4.26. The number of aryl methyl sites for hydroxylation is 1. The number of aromatic amines is 1. The first-order valence-electron chi connectivity index (χ1n) is 10.8. The third kappa shape index (κ3) is 4.16. The highest BCUT2D eigenvalue weighted by molar-refractivity contribution is 5.65. The minimum atomic E-state index is -0.193. The van der Waals surface area contributed by atoms with E-state index in [0.29, 0.717) is 12.0 Å². The van der Waals surface area contributed by atoms with Gasteiger partial charge in [0.2, 0.25) is 5.95 Å². The Labute approximate surface area is 180 Å². The van der Waals surface area contributed by atoms with Crippen LogP contribution in [0.25, 0.3) is 11.4 Å². The standard InChI is InChI=1S/C23H26N6O2/c1-15-14-31-13-12-29(15)22-18-4-2-3-5-19(18)26-21(28-22)16-6-8-17(9-7-16)25-23-24-11-10-20(30)27-23/h6-11,15H,2-5,12-14H2,1H3,(H2,24,25,27,30). The highest BCUT2D eigenvalue weighted by Gasteiger charge is 2.27. The minimum Gasteiger partial charge on any atom is -0.377 e. The van der Waals surface area contributed by atoms with Gasteiger partial charge in [0.25, 0.3) is 5.56 Å². The van der Waals surface area contributed by atoms with Gasteiger partial charge in [0.15, 0.2) is 5.82 Å². The van der Waals surface area contributed by atoms with Gasteiger partial charge in [0.1, 0.15) is 5.82 Å². The highest BCUT2D eigenvalue weighted by Crippen LogP contribution is 2.32. The third-order valence-corrected chi connectivity index (χ3v) is 5.88. The van der Waals surface area contributed by atoms with E-state index in [0.717, 1.165) is 55.5 Å². The number of aromatic nitrogens is 4. The molecule has 1 atom stereocenters. The second-order valence-electron chi connectivity index (χ2n) is 8.11. The van der Waals surface area contributed by atoms with Crippen molar-refractivity contribution in [3.05, 3.63) is 58.1 Å². The molecule has 2 aromatic heterocycles. The highest BCUT2D eigenvalue weighted by atomic mass is 16.5. The number of nitrogens with zero attached hydrogens (tertiary/aromatic N) is 4. The number of morpholine rings is 1. The van der Waals surface area contributed by atoms with Crippen LogP contribution in [0.15, 0.2) is 41.3 Å². The van der Waals surface area contributed by atoms with E-state index in [1.807, 2.05) is 24.3 Å². The van der Waals surface area contributed by atoms with Crippen LogP contribution >= 0.6 is 0 Å². The molecule has 3 heterocycles. The first kappa shape index (κ1) is 19.7. The smallest absolute Gasteiger partial charge is 0.252 e. The molecule has 1 saturated heterocycles. The molecule has 160 valence electrons. The number of fused-ring (bicyclic) bond motifs is 1. The second-order valence-corrected chi connectivity index (χ2v) is 8.11. The van der Waals surface area contributed by atoms with Crippen LogP contribution in [0, 0.1) is 0 Å². The van der Waals surface area contributed by atoms with Crippen molar-refractivity contribution in [2.45, 2.75) is 38.6 Å². The fourth-order valence-electron chi connectivity index (χ4n) is 4.26. The van der Waals surface area contributed by atoms with Gasteiger partial charge in [-0.05, 0) is 56.9 Å². The topological polar surface area (TPSA) is 96.0 Å². The molecule has 1 aliphatic carbocycles. The molecule has 1 aliphatic heterocycles. The van der Waals surface area contributed by atoms with Crippen molar-refractivity contribution < 1.29 is 4.74 Å². The van der Waals surface area contributed by atoms with Crippen LogP contribution in [0.4, 0.5) is 17.5 Å². The van der Waals surface area contributed by atoms with E-state index in [9.17, 15) is 4.79 Å². The van der Waals surface area contributed by atoms with E-state index < -0.39 is 0 Å². The molecule has 2 aliphatic rings. The summed E-state index contributed by atoms with van der Waals surface area (Å²) in [5.41, 5.74) is 4.09. The molecule has 8 heteroatoms. The Balaban J connectivity index is 1.47. The molecule has 0 bridgehead atoms. The number of hydrogen-bond acceptors (Lipinski definition) is 7. The van der Waals surface area contributed by atoms with E-state index in [2.05, 4.69) is 27.1 Å². The maximum Gasteiger partial charge on any atom is 0.252 e. The summed E-state index contributed by atoms with van der Waals surface area (Å²) >= 11 is 0. The number of nitrogens with one attached hydrogen (secondary N) is 2. The average Bonchev–Trinajstić information content (AvgIpc) is 2.79. The van der Waals surface area contributed by atoms with Gasteiger partial charge in [-0.3, -0.25) is 9.78 Å². The molecule has 5 rings (SSSR count). The van der Waals surface area contributed by atoms with E-state index in [1.54, 1.807) is 0 Å². The van der Waals surface area contributed by atoms with Crippen molar-refractivity contribution in [2.24, 2.45) is 0 Å². The van der Waals surface area contributed by atoms with Crippen LogP contribution in [0.1, 0.15) is 31.0 Å². The molecule has 0 spiro atoms. The average molecular weight is 419 g/mol. The number of benzene rings is 1. The molecule has 2 N–H and O–H groups in total. The van der Waals surface area contributed by atoms with Crippen molar-refractivity contribution in [1.29, 1.82) is 0 Å². The number of rotatable bonds is 4. The van der Waals surface area contributed by atoms with Crippen LogP contribution in [0.5, 0.6) is 0 Å². The maximum atomic E-state index is 11.5. The normalized spacial score (nSPS) is 18.5. The van der Waals surface area contributed by atoms with Gasteiger partial charge < -0.3 is 15.0 Å². The second kappa shape index (κ2) is 8.47. The molecule has 31 heavy (non-hydrogen) atoms. The van der Waals surface area contributed by atoms with Crippen molar-refractivity contribution in [3.8, 4) is 11.4 Å². The van der Waals surface area contributed by atoms with Crippen molar-refractivity contribution in [1.82, 2.24) is 19.9 Å². The van der Waals surface area contributed by atoms with Crippen LogP contribution in [-0.4, -0.2) is 45.7 Å². The summed E-state index contributed by atoms with van der Waals surface area (Å²) in [6.07, 6.45) is 5.89. The summed E-state index contributed by atoms with van der Waals surface area (Å²) in [7, 11) is 0. The van der Waals surface area contributed by atoms with E-state index in [4.69, 9.17) is 14.7 Å². The molecular weight excluding hydrogens is 392 g/mol. The van der Waals surface area contributed by atoms with Crippen LogP contribution in [0.2, 0.25) is 0 Å². The third-order valence-electron chi connectivity index (χ3n) is 5.88. The Bertz CT molecular complexity index is 1130. The molecular formula is C23H26N6O2. The summed E-state index contributed by atoms with van der Waals surface area (Å²) in [6.45, 7) is 4.51. The molecule has 8 nitrogen and oxygen atoms in total. The number of hydrogen-bond donors (Lipinski definition) is 2. The first-order valence-corrected chi connectivity index (χ1v) is 10.8. The molecule has 3 aromatic rings. The van der Waals surface area contributed by atoms with E-state index in [1.165, 1.54) is 36.4 Å². The number of H-pyrrole nitrogens is 1. The first-order chi connectivity index (χ1) is 15.2. The monoisotopic (exact) mass is 418 g/mol. The Kier molecular flexibility index (Phi) is 5.38. The predicted molar refractivity (Wildman–Crippen MR) is 120 cm³/mol. The summed E-state index contributed by atoms with van der Waals surface area (Å²) in [5.74, 6) is 2.24. The zero-order chi connectivity index (χ0) is 21.2. The van der Waals surface area contributed by atoms with Crippen LogP contribution < -0.4 is 15.8 Å². The maximum absolute atomic E-state index is 11.5. The zero-order valence-electron chi connectivity index (χ0n) is 17.6. The Hall–Kier alpha value is -3.26. The molecule has 1 unspecified atom stereocenters. The fraction of sp³-hybridized carbons (Fsp3) is 0.391. The lowest BCUT2D eigenvalue weighted by atomic mass is 9.95. The lowest BCUT2D eigenvalue weighted by molar-refractivity contribution is 0.0984. The minimum absolute atomic E-state index is 0.193. The molecule has 0 amide bonds.